The summed E-state index contributed by atoms with van der Waals surface area (Å²) in [5.74, 6) is 0.0784. The molecule has 1 atom stereocenters. The second kappa shape index (κ2) is 3.88. The number of rotatable bonds is 3. The Labute approximate surface area is 83.5 Å². The van der Waals surface area contributed by atoms with Crippen LogP contribution in [0, 0.1) is 0 Å². The summed E-state index contributed by atoms with van der Waals surface area (Å²) in [6, 6.07) is 0. The molecule has 1 saturated heterocycles. The van der Waals surface area contributed by atoms with Gasteiger partial charge in [0, 0.05) is 17.8 Å². The van der Waals surface area contributed by atoms with Crippen molar-refractivity contribution in [2.45, 2.75) is 31.1 Å². The molecule has 1 unspecified atom stereocenters. The quantitative estimate of drug-likeness (QED) is 0.735. The van der Waals surface area contributed by atoms with E-state index in [0.29, 0.717) is 13.0 Å². The second-order valence-corrected chi connectivity index (χ2v) is 5.61. The minimum atomic E-state index is -0.454. The van der Waals surface area contributed by atoms with Crippen LogP contribution >= 0.6 is 11.8 Å². The number of aliphatic hydroxyl groups is 1. The van der Waals surface area contributed by atoms with Crippen LogP contribution in [0.25, 0.3) is 0 Å². The maximum Gasteiger partial charge on any atom is 0.225 e. The predicted molar refractivity (Wildman–Crippen MR) is 54.8 cm³/mol. The predicted octanol–water partition coefficient (Wildman–Crippen LogP) is 0.721. The van der Waals surface area contributed by atoms with E-state index in [1.807, 2.05) is 6.26 Å². The number of hydrogen-bond donors (Lipinski definition) is 1. The third kappa shape index (κ3) is 2.88. The van der Waals surface area contributed by atoms with Crippen molar-refractivity contribution in [2.24, 2.45) is 0 Å². The van der Waals surface area contributed by atoms with E-state index in [0.717, 1.165) is 6.54 Å². The highest BCUT2D eigenvalue weighted by Gasteiger charge is 2.31. The molecule has 3 nitrogen and oxygen atoms in total. The number of nitrogens with zero attached hydrogens (tertiary/aromatic N) is 1. The molecule has 0 radical (unpaired) electrons. The first-order valence-corrected chi connectivity index (χ1v) is 5.68. The highest BCUT2D eigenvalue weighted by atomic mass is 32.2. The molecule has 0 bridgehead atoms. The number of β-amino-alcohol motifs (C(OH)–C–C–N with tert-alkyl or cyclic N) is 1. The molecule has 1 N–H and O–H groups in total. The lowest BCUT2D eigenvalue weighted by molar-refractivity contribution is -0.128. The summed E-state index contributed by atoms with van der Waals surface area (Å²) in [5, 5.41) is 9.27. The fraction of sp³-hybridized carbons (Fsp3) is 0.889. The van der Waals surface area contributed by atoms with Gasteiger partial charge in [0.1, 0.15) is 0 Å². The van der Waals surface area contributed by atoms with E-state index in [1.54, 1.807) is 16.7 Å². The van der Waals surface area contributed by atoms with Crippen molar-refractivity contribution in [1.29, 1.82) is 0 Å². The molecular formula is C9H17NO2S. The van der Waals surface area contributed by atoms with E-state index in [4.69, 9.17) is 0 Å². The minimum absolute atomic E-state index is 0.0784. The first-order valence-electron chi connectivity index (χ1n) is 4.45. The van der Waals surface area contributed by atoms with E-state index in [9.17, 15) is 9.90 Å². The van der Waals surface area contributed by atoms with Crippen LogP contribution in [0.3, 0.4) is 0 Å². The number of amides is 1. The Kier molecular flexibility index (Phi) is 3.24. The van der Waals surface area contributed by atoms with Crippen molar-refractivity contribution >= 4 is 17.7 Å². The summed E-state index contributed by atoms with van der Waals surface area (Å²) in [4.78, 5) is 13.1. The van der Waals surface area contributed by atoms with Gasteiger partial charge in [-0.1, -0.05) is 0 Å². The number of likely N-dealkylation sites (tertiary alicyclic amines) is 1. The molecule has 1 aliphatic heterocycles. The molecule has 13 heavy (non-hydrogen) atoms. The zero-order chi connectivity index (χ0) is 10.1. The molecule has 0 aliphatic carbocycles. The summed E-state index contributed by atoms with van der Waals surface area (Å²) in [6.07, 6.45) is 1.88. The monoisotopic (exact) mass is 203 g/mol. The molecule has 1 heterocycles. The number of aliphatic hydroxyl groups excluding tert-OH is 1. The first kappa shape index (κ1) is 10.9. The van der Waals surface area contributed by atoms with Crippen LogP contribution in [0.1, 0.15) is 20.3 Å². The molecule has 1 aliphatic rings. The largest absolute Gasteiger partial charge is 0.391 e. The number of carbonyl (C=O) groups is 1. The van der Waals surface area contributed by atoms with Crippen molar-refractivity contribution in [1.82, 2.24) is 4.90 Å². The van der Waals surface area contributed by atoms with Gasteiger partial charge in [0.05, 0.1) is 12.5 Å². The standard InChI is InChI=1S/C9H17NO2S/c1-9(2,13-3)6-10-5-7(11)4-8(10)12/h7,11H,4-6H2,1-3H3. The highest BCUT2D eigenvalue weighted by molar-refractivity contribution is 7.99. The second-order valence-electron chi connectivity index (χ2n) is 4.10. The molecule has 0 aromatic heterocycles. The third-order valence-electron chi connectivity index (χ3n) is 2.32. The zero-order valence-corrected chi connectivity index (χ0v) is 9.23. The van der Waals surface area contributed by atoms with Crippen LogP contribution in [-0.2, 0) is 4.79 Å². The van der Waals surface area contributed by atoms with Crippen LogP contribution in [0.15, 0.2) is 0 Å². The van der Waals surface area contributed by atoms with Gasteiger partial charge in [-0.15, -0.1) is 0 Å². The molecule has 0 spiro atoms. The molecule has 0 aromatic rings. The molecule has 1 amide bonds. The lowest BCUT2D eigenvalue weighted by atomic mass is 10.2. The van der Waals surface area contributed by atoms with Crippen LogP contribution in [-0.4, -0.2) is 46.1 Å². The van der Waals surface area contributed by atoms with Gasteiger partial charge in [-0.25, -0.2) is 0 Å². The van der Waals surface area contributed by atoms with E-state index >= 15 is 0 Å². The summed E-state index contributed by atoms with van der Waals surface area (Å²) in [5.41, 5.74) is 0. The molecular weight excluding hydrogens is 186 g/mol. The Morgan fingerprint density at radius 1 is 1.69 bits per heavy atom. The van der Waals surface area contributed by atoms with Crippen LogP contribution in [0.5, 0.6) is 0 Å². The lowest BCUT2D eigenvalue weighted by Gasteiger charge is -2.28. The molecule has 4 heteroatoms. The molecule has 1 fully saturated rings. The van der Waals surface area contributed by atoms with Crippen molar-refractivity contribution in [3.05, 3.63) is 0 Å². The van der Waals surface area contributed by atoms with Gasteiger partial charge in [0.25, 0.3) is 0 Å². The Morgan fingerprint density at radius 3 is 2.69 bits per heavy atom. The summed E-state index contributed by atoms with van der Waals surface area (Å²) in [6.45, 7) is 5.44. The summed E-state index contributed by atoms with van der Waals surface area (Å²) in [7, 11) is 0. The SMILES string of the molecule is CSC(C)(C)CN1CC(O)CC1=O. The molecule has 1 rings (SSSR count). The van der Waals surface area contributed by atoms with Gasteiger partial charge >= 0.3 is 0 Å². The van der Waals surface area contributed by atoms with Crippen molar-refractivity contribution in [3.8, 4) is 0 Å². The van der Waals surface area contributed by atoms with Crippen LogP contribution in [0.2, 0.25) is 0 Å². The smallest absolute Gasteiger partial charge is 0.225 e. The van der Waals surface area contributed by atoms with E-state index < -0.39 is 6.10 Å². The summed E-state index contributed by atoms with van der Waals surface area (Å²) >= 11 is 1.74. The topological polar surface area (TPSA) is 40.5 Å². The van der Waals surface area contributed by atoms with Crippen molar-refractivity contribution in [3.63, 3.8) is 0 Å². The van der Waals surface area contributed by atoms with Crippen molar-refractivity contribution in [2.75, 3.05) is 19.3 Å². The van der Waals surface area contributed by atoms with Gasteiger partial charge < -0.3 is 10.0 Å². The van der Waals surface area contributed by atoms with Crippen LogP contribution < -0.4 is 0 Å². The normalized spacial score (nSPS) is 24.2. The van der Waals surface area contributed by atoms with Gasteiger partial charge in [-0.05, 0) is 20.1 Å². The summed E-state index contributed by atoms with van der Waals surface area (Å²) < 4.78 is 0.0831. The van der Waals surface area contributed by atoms with Gasteiger partial charge in [0.15, 0.2) is 0 Å². The van der Waals surface area contributed by atoms with Crippen molar-refractivity contribution < 1.29 is 9.90 Å². The maximum atomic E-state index is 11.3. The number of carbonyl (C=O) groups excluding carboxylic acids is 1. The average Bonchev–Trinajstić information content (AvgIpc) is 2.30. The third-order valence-corrected chi connectivity index (χ3v) is 3.55. The Bertz CT molecular complexity index is 206. The molecule has 0 aromatic carbocycles. The first-order chi connectivity index (χ1) is 5.94. The lowest BCUT2D eigenvalue weighted by Crippen LogP contribution is -2.37. The highest BCUT2D eigenvalue weighted by Crippen LogP contribution is 2.24. The maximum absolute atomic E-state index is 11.3. The molecule has 0 saturated carbocycles. The number of hydrogen-bond acceptors (Lipinski definition) is 3. The Balaban J connectivity index is 2.50. The Hall–Kier alpha value is -0.220. The Morgan fingerprint density at radius 2 is 2.31 bits per heavy atom. The average molecular weight is 203 g/mol. The fourth-order valence-corrected chi connectivity index (χ4v) is 1.71. The molecule has 76 valence electrons. The van der Waals surface area contributed by atoms with Gasteiger partial charge in [-0.2, -0.15) is 11.8 Å². The number of thioether (sulfide) groups is 1. The van der Waals surface area contributed by atoms with E-state index in [2.05, 4.69) is 13.8 Å². The zero-order valence-electron chi connectivity index (χ0n) is 8.41. The van der Waals surface area contributed by atoms with Gasteiger partial charge in [0.2, 0.25) is 5.91 Å². The fourth-order valence-electron chi connectivity index (χ4n) is 1.43. The van der Waals surface area contributed by atoms with E-state index in [1.165, 1.54) is 0 Å². The van der Waals surface area contributed by atoms with Crippen LogP contribution in [0.4, 0.5) is 0 Å². The minimum Gasteiger partial charge on any atom is -0.391 e. The van der Waals surface area contributed by atoms with E-state index in [-0.39, 0.29) is 10.7 Å². The van der Waals surface area contributed by atoms with Gasteiger partial charge in [-0.3, -0.25) is 4.79 Å².